The van der Waals surface area contributed by atoms with Crippen LogP contribution in [-0.4, -0.2) is 25.0 Å². The summed E-state index contributed by atoms with van der Waals surface area (Å²) >= 11 is 6.67. The zero-order valence-electron chi connectivity index (χ0n) is 8.50. The summed E-state index contributed by atoms with van der Waals surface area (Å²) in [5, 5.41) is 15.7. The molecule has 94 valence electrons. The maximum atomic E-state index is 11.1. The van der Waals surface area contributed by atoms with E-state index in [1.807, 2.05) is 0 Å². The van der Waals surface area contributed by atoms with Gasteiger partial charge in [0.25, 0.3) is 5.69 Å². The molecule has 6 nitrogen and oxygen atoms in total. The minimum absolute atomic E-state index is 0.278. The molecule has 1 rings (SSSR count). The molecule has 17 heavy (non-hydrogen) atoms. The molecule has 2 N–H and O–H groups in total. The zero-order valence-corrected chi connectivity index (χ0v) is 10.9. The van der Waals surface area contributed by atoms with E-state index in [1.165, 1.54) is 23.9 Å². The Bertz CT molecular complexity index is 532. The van der Waals surface area contributed by atoms with Gasteiger partial charge in [0.15, 0.2) is 0 Å². The fourth-order valence-corrected chi connectivity index (χ4v) is 2.60. The van der Waals surface area contributed by atoms with Crippen LogP contribution < -0.4 is 5.14 Å². The molecule has 0 saturated heterocycles. The van der Waals surface area contributed by atoms with Gasteiger partial charge in [0.1, 0.15) is 0 Å². The number of sulfonamides is 1. The minimum atomic E-state index is -3.94. The molecule has 0 unspecified atom stereocenters. The van der Waals surface area contributed by atoms with Gasteiger partial charge in [-0.15, -0.1) is 23.4 Å². The lowest BCUT2D eigenvalue weighted by molar-refractivity contribution is -0.388. The second-order valence-corrected chi connectivity index (χ2v) is 6.05. The van der Waals surface area contributed by atoms with Gasteiger partial charge in [-0.05, 0) is 12.1 Å². The van der Waals surface area contributed by atoms with Crippen LogP contribution in [-0.2, 0) is 10.0 Å². The molecule has 0 spiro atoms. The maximum absolute atomic E-state index is 11.1. The highest BCUT2D eigenvalue weighted by Gasteiger charge is 2.18. The molecule has 0 bridgehead atoms. The van der Waals surface area contributed by atoms with E-state index in [1.54, 1.807) is 0 Å². The van der Waals surface area contributed by atoms with Gasteiger partial charge in [-0.3, -0.25) is 10.1 Å². The van der Waals surface area contributed by atoms with Crippen molar-refractivity contribution < 1.29 is 13.3 Å². The number of nitrogens with zero attached hydrogens (tertiary/aromatic N) is 1. The van der Waals surface area contributed by atoms with Crippen LogP contribution in [0, 0.1) is 10.1 Å². The Balaban J connectivity index is 3.22. The number of hydrogen-bond acceptors (Lipinski definition) is 5. The van der Waals surface area contributed by atoms with Gasteiger partial charge in [0, 0.05) is 17.7 Å². The summed E-state index contributed by atoms with van der Waals surface area (Å²) in [5.74, 6) is 0.843. The molecule has 0 fully saturated rings. The summed E-state index contributed by atoms with van der Waals surface area (Å²) in [5.41, 5.74) is -0.286. The molecular formula is C8H9ClN2O4S2. The normalized spacial score (nSPS) is 11.4. The third-order valence-corrected chi connectivity index (χ3v) is 4.18. The van der Waals surface area contributed by atoms with Crippen molar-refractivity contribution in [1.82, 2.24) is 0 Å². The number of halogens is 1. The van der Waals surface area contributed by atoms with Gasteiger partial charge in [0.05, 0.1) is 14.7 Å². The van der Waals surface area contributed by atoms with Crippen LogP contribution in [0.4, 0.5) is 5.69 Å². The van der Waals surface area contributed by atoms with Crippen LogP contribution in [0.5, 0.6) is 0 Å². The van der Waals surface area contributed by atoms with Crippen molar-refractivity contribution in [3.63, 3.8) is 0 Å². The van der Waals surface area contributed by atoms with E-state index >= 15 is 0 Å². The first-order chi connectivity index (χ1) is 7.86. The molecule has 0 aromatic heterocycles. The van der Waals surface area contributed by atoms with Gasteiger partial charge in [-0.2, -0.15) is 0 Å². The largest absolute Gasteiger partial charge is 0.284 e. The summed E-state index contributed by atoms with van der Waals surface area (Å²) in [7, 11) is -3.94. The first-order valence-electron chi connectivity index (χ1n) is 4.36. The Morgan fingerprint density at radius 1 is 1.47 bits per heavy atom. The van der Waals surface area contributed by atoms with Crippen LogP contribution in [0.25, 0.3) is 0 Å². The zero-order chi connectivity index (χ0) is 13.1. The van der Waals surface area contributed by atoms with Crippen molar-refractivity contribution in [3.8, 4) is 0 Å². The Hall–Kier alpha value is -0.830. The number of nitrogens with two attached hydrogens (primary N) is 1. The summed E-state index contributed by atoms with van der Waals surface area (Å²) in [6, 6.07) is 3.54. The van der Waals surface area contributed by atoms with Crippen LogP contribution in [0.15, 0.2) is 28.0 Å². The molecule has 1 aromatic carbocycles. The van der Waals surface area contributed by atoms with Gasteiger partial charge in [-0.1, -0.05) is 0 Å². The van der Waals surface area contributed by atoms with E-state index in [2.05, 4.69) is 0 Å². The van der Waals surface area contributed by atoms with Crippen molar-refractivity contribution in [3.05, 3.63) is 28.3 Å². The van der Waals surface area contributed by atoms with Crippen molar-refractivity contribution in [1.29, 1.82) is 0 Å². The summed E-state index contributed by atoms with van der Waals surface area (Å²) in [6.45, 7) is 0. The fraction of sp³-hybridized carbons (Fsp3) is 0.250. The highest BCUT2D eigenvalue weighted by atomic mass is 35.5. The lowest BCUT2D eigenvalue weighted by atomic mass is 10.3. The molecule has 9 heteroatoms. The Morgan fingerprint density at radius 2 is 2.12 bits per heavy atom. The minimum Gasteiger partial charge on any atom is -0.258 e. The van der Waals surface area contributed by atoms with Gasteiger partial charge in [0.2, 0.25) is 10.0 Å². The first-order valence-corrected chi connectivity index (χ1v) is 7.43. The highest BCUT2D eigenvalue weighted by Crippen LogP contribution is 2.31. The number of nitro groups is 1. The summed E-state index contributed by atoms with van der Waals surface area (Å²) < 4.78 is 22.1. The van der Waals surface area contributed by atoms with E-state index in [-0.39, 0.29) is 10.6 Å². The number of primary sulfonamides is 1. The van der Waals surface area contributed by atoms with E-state index in [0.717, 1.165) is 6.07 Å². The quantitative estimate of drug-likeness (QED) is 0.384. The number of benzene rings is 1. The number of alkyl halides is 1. The molecule has 0 aliphatic rings. The van der Waals surface area contributed by atoms with Crippen molar-refractivity contribution in [2.45, 2.75) is 9.79 Å². The van der Waals surface area contributed by atoms with Crippen molar-refractivity contribution in [2.75, 3.05) is 11.6 Å². The third-order valence-electron chi connectivity index (χ3n) is 1.79. The highest BCUT2D eigenvalue weighted by molar-refractivity contribution is 7.99. The molecule has 0 aliphatic heterocycles. The topological polar surface area (TPSA) is 103 Å². The van der Waals surface area contributed by atoms with Crippen LogP contribution in [0.1, 0.15) is 0 Å². The monoisotopic (exact) mass is 296 g/mol. The molecule has 0 amide bonds. The predicted molar refractivity (Wildman–Crippen MR) is 65.9 cm³/mol. The van der Waals surface area contributed by atoms with Crippen LogP contribution in [0.2, 0.25) is 0 Å². The summed E-state index contributed by atoms with van der Waals surface area (Å²) in [6.07, 6.45) is 0. The maximum Gasteiger partial charge on any atom is 0.284 e. The SMILES string of the molecule is NS(=O)(=O)c1ccc(SCCCl)c([N+](=O)[O-])c1. The predicted octanol–water partition coefficient (Wildman–Crippen LogP) is 1.57. The number of hydrogen-bond donors (Lipinski definition) is 1. The lowest BCUT2D eigenvalue weighted by Crippen LogP contribution is -2.12. The second kappa shape index (κ2) is 5.67. The second-order valence-electron chi connectivity index (χ2n) is 2.97. The molecular weight excluding hydrogens is 288 g/mol. The Labute approximate surface area is 107 Å². The van der Waals surface area contributed by atoms with Crippen LogP contribution in [0.3, 0.4) is 0 Å². The number of nitro benzene ring substituents is 1. The standard InChI is InChI=1S/C8H9ClN2O4S2/c9-3-4-16-8-2-1-6(17(10,14)15)5-7(8)11(12)13/h1-2,5H,3-4H2,(H2,10,14,15). The van der Waals surface area contributed by atoms with Crippen LogP contribution >= 0.6 is 23.4 Å². The van der Waals surface area contributed by atoms with Crippen molar-refractivity contribution >= 4 is 39.1 Å². The van der Waals surface area contributed by atoms with E-state index < -0.39 is 14.9 Å². The van der Waals surface area contributed by atoms with E-state index in [4.69, 9.17) is 16.7 Å². The molecule has 1 aromatic rings. The van der Waals surface area contributed by atoms with Gasteiger partial charge in [-0.25, -0.2) is 13.6 Å². The number of thioether (sulfide) groups is 1. The summed E-state index contributed by atoms with van der Waals surface area (Å²) in [4.78, 5) is 10.2. The third kappa shape index (κ3) is 3.84. The lowest BCUT2D eigenvalue weighted by Gasteiger charge is -2.03. The Kier molecular flexibility index (Phi) is 4.75. The average molecular weight is 297 g/mol. The van der Waals surface area contributed by atoms with Gasteiger partial charge < -0.3 is 0 Å². The first kappa shape index (κ1) is 14.2. The molecule has 0 aliphatic carbocycles. The van der Waals surface area contributed by atoms with E-state index in [9.17, 15) is 18.5 Å². The van der Waals surface area contributed by atoms with Gasteiger partial charge >= 0.3 is 0 Å². The average Bonchev–Trinajstić information content (AvgIpc) is 2.24. The smallest absolute Gasteiger partial charge is 0.258 e. The van der Waals surface area contributed by atoms with Crippen molar-refractivity contribution in [2.24, 2.45) is 5.14 Å². The molecule has 0 radical (unpaired) electrons. The Morgan fingerprint density at radius 3 is 2.59 bits per heavy atom. The fourth-order valence-electron chi connectivity index (χ4n) is 1.09. The molecule has 0 saturated carbocycles. The number of rotatable bonds is 5. The molecule has 0 atom stereocenters. The molecule has 0 heterocycles. The van der Waals surface area contributed by atoms with E-state index in [0.29, 0.717) is 16.5 Å².